The highest BCUT2D eigenvalue weighted by atomic mass is 15.3. The highest BCUT2D eigenvalue weighted by molar-refractivity contribution is 5.17. The normalized spacial score (nSPS) is 30.1. The molecular weight excluding hydrogens is 198 g/mol. The number of pyridine rings is 1. The number of aromatic nitrogens is 1. The number of hydrogen-bond donors (Lipinski definition) is 0. The first-order valence-corrected chi connectivity index (χ1v) is 6.08. The summed E-state index contributed by atoms with van der Waals surface area (Å²) < 4.78 is 0. The van der Waals surface area contributed by atoms with E-state index in [1.807, 2.05) is 6.20 Å². The summed E-state index contributed by atoms with van der Waals surface area (Å²) in [4.78, 5) is 9.35. The number of piperazine rings is 1. The topological polar surface area (TPSA) is 19.4 Å². The van der Waals surface area contributed by atoms with E-state index < -0.39 is 0 Å². The van der Waals surface area contributed by atoms with Crippen LogP contribution >= 0.6 is 0 Å². The second-order valence-corrected chi connectivity index (χ2v) is 5.24. The molecule has 0 aliphatic carbocycles. The van der Waals surface area contributed by atoms with Crippen molar-refractivity contribution in [3.8, 4) is 0 Å². The number of nitrogens with zero attached hydrogens (tertiary/aromatic N) is 3. The molecule has 1 aromatic heterocycles. The standard InChI is InChI=1S/C13H19N3/c1-10-5-11(3-4-14-10)7-16-12-6-13(16)9-15(2)8-12/h3-5,12-13H,6-9H2,1-2H3. The molecule has 16 heavy (non-hydrogen) atoms. The monoisotopic (exact) mass is 217 g/mol. The van der Waals surface area contributed by atoms with Crippen LogP contribution in [0, 0.1) is 6.92 Å². The van der Waals surface area contributed by atoms with Crippen LogP contribution in [0.15, 0.2) is 18.3 Å². The van der Waals surface area contributed by atoms with Crippen LogP contribution in [0.4, 0.5) is 0 Å². The fourth-order valence-electron chi connectivity index (χ4n) is 3.07. The number of likely N-dealkylation sites (tertiary alicyclic amines) is 2. The Labute approximate surface area is 97.1 Å². The summed E-state index contributed by atoms with van der Waals surface area (Å²) in [7, 11) is 2.23. The minimum absolute atomic E-state index is 0.789. The lowest BCUT2D eigenvalue weighted by atomic mass is 9.87. The van der Waals surface area contributed by atoms with Gasteiger partial charge in [0, 0.05) is 43.6 Å². The van der Waals surface area contributed by atoms with E-state index in [2.05, 4.69) is 40.9 Å². The number of aryl methyl sites for hydroxylation is 1. The molecule has 0 aromatic carbocycles. The highest BCUT2D eigenvalue weighted by Gasteiger charge is 2.42. The summed E-state index contributed by atoms with van der Waals surface area (Å²) in [5, 5.41) is 0. The Morgan fingerprint density at radius 3 is 2.81 bits per heavy atom. The molecule has 2 fully saturated rings. The third-order valence-electron chi connectivity index (χ3n) is 3.85. The van der Waals surface area contributed by atoms with E-state index in [-0.39, 0.29) is 0 Å². The maximum atomic E-state index is 4.25. The number of hydrogen-bond acceptors (Lipinski definition) is 3. The molecule has 2 aliphatic rings. The lowest BCUT2D eigenvalue weighted by Crippen LogP contribution is -2.67. The van der Waals surface area contributed by atoms with Crippen LogP contribution in [0.2, 0.25) is 0 Å². The Morgan fingerprint density at radius 2 is 2.12 bits per heavy atom. The van der Waals surface area contributed by atoms with Gasteiger partial charge in [-0.15, -0.1) is 0 Å². The second-order valence-electron chi connectivity index (χ2n) is 5.24. The molecule has 2 bridgehead atoms. The first-order valence-electron chi connectivity index (χ1n) is 6.08. The Morgan fingerprint density at radius 1 is 1.38 bits per heavy atom. The van der Waals surface area contributed by atoms with Crippen molar-refractivity contribution >= 4 is 0 Å². The van der Waals surface area contributed by atoms with Gasteiger partial charge in [0.15, 0.2) is 0 Å². The molecule has 1 aromatic rings. The molecule has 2 unspecified atom stereocenters. The molecule has 0 amide bonds. The van der Waals surface area contributed by atoms with Crippen molar-refractivity contribution in [1.82, 2.24) is 14.8 Å². The fourth-order valence-corrected chi connectivity index (χ4v) is 3.07. The molecule has 3 heterocycles. The van der Waals surface area contributed by atoms with E-state index in [0.29, 0.717) is 0 Å². The quantitative estimate of drug-likeness (QED) is 0.744. The van der Waals surface area contributed by atoms with Crippen molar-refractivity contribution in [3.63, 3.8) is 0 Å². The van der Waals surface area contributed by atoms with Crippen molar-refractivity contribution in [2.24, 2.45) is 0 Å². The zero-order chi connectivity index (χ0) is 11.1. The summed E-state index contributed by atoms with van der Waals surface area (Å²) in [6.45, 7) is 5.64. The number of rotatable bonds is 2. The molecule has 3 heteroatoms. The molecular formula is C13H19N3. The molecule has 2 atom stereocenters. The third-order valence-corrected chi connectivity index (χ3v) is 3.85. The average Bonchev–Trinajstić information content (AvgIpc) is 2.26. The summed E-state index contributed by atoms with van der Waals surface area (Å²) in [5.41, 5.74) is 2.53. The molecule has 0 saturated carbocycles. The van der Waals surface area contributed by atoms with Crippen LogP contribution in [0.3, 0.4) is 0 Å². The molecule has 3 rings (SSSR count). The zero-order valence-electron chi connectivity index (χ0n) is 10.1. The van der Waals surface area contributed by atoms with Gasteiger partial charge in [0.2, 0.25) is 0 Å². The fraction of sp³-hybridized carbons (Fsp3) is 0.615. The molecule has 2 aliphatic heterocycles. The van der Waals surface area contributed by atoms with Crippen LogP contribution in [0.5, 0.6) is 0 Å². The average molecular weight is 217 g/mol. The van der Waals surface area contributed by atoms with Gasteiger partial charge in [-0.05, 0) is 38.1 Å². The van der Waals surface area contributed by atoms with Gasteiger partial charge >= 0.3 is 0 Å². The maximum absolute atomic E-state index is 4.25. The van der Waals surface area contributed by atoms with Crippen molar-refractivity contribution in [2.45, 2.75) is 32.0 Å². The smallest absolute Gasteiger partial charge is 0.0375 e. The predicted octanol–water partition coefficient (Wildman–Crippen LogP) is 1.28. The molecule has 0 spiro atoms. The summed E-state index contributed by atoms with van der Waals surface area (Å²) in [6, 6.07) is 5.93. The maximum Gasteiger partial charge on any atom is 0.0375 e. The van der Waals surface area contributed by atoms with Gasteiger partial charge < -0.3 is 4.90 Å². The van der Waals surface area contributed by atoms with Crippen LogP contribution in [-0.2, 0) is 6.54 Å². The first-order chi connectivity index (χ1) is 7.72. The highest BCUT2D eigenvalue weighted by Crippen LogP contribution is 2.32. The van der Waals surface area contributed by atoms with E-state index >= 15 is 0 Å². The van der Waals surface area contributed by atoms with E-state index in [1.165, 1.54) is 25.1 Å². The van der Waals surface area contributed by atoms with E-state index in [0.717, 1.165) is 24.3 Å². The van der Waals surface area contributed by atoms with Crippen LogP contribution in [0.25, 0.3) is 0 Å². The largest absolute Gasteiger partial charge is 0.303 e. The lowest BCUT2D eigenvalue weighted by molar-refractivity contribution is -0.0668. The molecule has 0 radical (unpaired) electrons. The van der Waals surface area contributed by atoms with Crippen molar-refractivity contribution < 1.29 is 0 Å². The SMILES string of the molecule is Cc1cc(CN2C3CC2CN(C)C3)ccn1. The van der Waals surface area contributed by atoms with Gasteiger partial charge in [0.25, 0.3) is 0 Å². The summed E-state index contributed by atoms with van der Waals surface area (Å²) >= 11 is 0. The van der Waals surface area contributed by atoms with Crippen molar-refractivity contribution in [3.05, 3.63) is 29.6 Å². The Bertz CT molecular complexity index is 379. The van der Waals surface area contributed by atoms with E-state index in [4.69, 9.17) is 0 Å². The molecule has 0 N–H and O–H groups in total. The van der Waals surface area contributed by atoms with Gasteiger partial charge in [-0.2, -0.15) is 0 Å². The van der Waals surface area contributed by atoms with Gasteiger partial charge in [-0.3, -0.25) is 9.88 Å². The number of piperidine rings is 1. The lowest BCUT2D eigenvalue weighted by Gasteiger charge is -2.56. The van der Waals surface area contributed by atoms with E-state index in [1.54, 1.807) is 0 Å². The van der Waals surface area contributed by atoms with Crippen molar-refractivity contribution in [1.29, 1.82) is 0 Å². The molecule has 2 saturated heterocycles. The number of fused-ring (bicyclic) bond motifs is 2. The van der Waals surface area contributed by atoms with Gasteiger partial charge in [0.05, 0.1) is 0 Å². The third kappa shape index (κ3) is 1.74. The summed E-state index contributed by atoms with van der Waals surface area (Å²) in [6.07, 6.45) is 3.32. The van der Waals surface area contributed by atoms with Gasteiger partial charge in [-0.1, -0.05) is 0 Å². The van der Waals surface area contributed by atoms with Crippen molar-refractivity contribution in [2.75, 3.05) is 20.1 Å². The minimum Gasteiger partial charge on any atom is -0.303 e. The van der Waals surface area contributed by atoms with Gasteiger partial charge in [-0.25, -0.2) is 0 Å². The van der Waals surface area contributed by atoms with E-state index in [9.17, 15) is 0 Å². The second kappa shape index (κ2) is 3.82. The van der Waals surface area contributed by atoms with Crippen LogP contribution in [0.1, 0.15) is 17.7 Å². The predicted molar refractivity (Wildman–Crippen MR) is 64.2 cm³/mol. The summed E-state index contributed by atoms with van der Waals surface area (Å²) in [5.74, 6) is 0. The Balaban J connectivity index is 1.68. The minimum atomic E-state index is 0.789. The van der Waals surface area contributed by atoms with Crippen LogP contribution in [-0.4, -0.2) is 47.0 Å². The molecule has 86 valence electrons. The molecule has 3 nitrogen and oxygen atoms in total. The number of likely N-dealkylation sites (N-methyl/N-ethyl adjacent to an activating group) is 1. The van der Waals surface area contributed by atoms with Crippen LogP contribution < -0.4 is 0 Å². The zero-order valence-corrected chi connectivity index (χ0v) is 10.1. The van der Waals surface area contributed by atoms with Gasteiger partial charge in [0.1, 0.15) is 0 Å². The Kier molecular flexibility index (Phi) is 2.45. The first kappa shape index (κ1) is 10.2. The Hall–Kier alpha value is -0.930.